The van der Waals surface area contributed by atoms with Gasteiger partial charge in [-0.1, -0.05) is 18.2 Å². The summed E-state index contributed by atoms with van der Waals surface area (Å²) in [7, 11) is 4.76. The van der Waals surface area contributed by atoms with Crippen molar-refractivity contribution in [3.05, 3.63) is 48.0 Å². The smallest absolute Gasteiger partial charge is 0.221 e. The van der Waals surface area contributed by atoms with Gasteiger partial charge in [0.1, 0.15) is 5.75 Å². The van der Waals surface area contributed by atoms with Crippen molar-refractivity contribution in [3.8, 4) is 17.2 Å². The number of methoxy groups -OCH3 is 3. The molecule has 2 aromatic carbocycles. The summed E-state index contributed by atoms with van der Waals surface area (Å²) in [6.45, 7) is 0. The van der Waals surface area contributed by atoms with Gasteiger partial charge in [-0.2, -0.15) is 4.99 Å². The Kier molecular flexibility index (Phi) is 6.36. The lowest BCUT2D eigenvalue weighted by molar-refractivity contribution is -0.00000644. The Morgan fingerprint density at radius 3 is 2.22 bits per heavy atom. The molecule has 3 rings (SSSR count). The number of anilines is 1. The number of benzene rings is 2. The Morgan fingerprint density at radius 1 is 0.889 bits per heavy atom. The van der Waals surface area contributed by atoms with Crippen LogP contribution in [0.25, 0.3) is 0 Å². The molecule has 0 saturated carbocycles. The molecule has 0 radical (unpaired) electrons. The van der Waals surface area contributed by atoms with E-state index >= 15 is 0 Å². The number of nitrogens with zero attached hydrogens (tertiary/aromatic N) is 3. The van der Waals surface area contributed by atoms with Crippen LogP contribution >= 0.6 is 0 Å². The summed E-state index contributed by atoms with van der Waals surface area (Å²) in [6, 6.07) is 13.0. The van der Waals surface area contributed by atoms with Gasteiger partial charge in [0.25, 0.3) is 0 Å². The number of guanidine groups is 2. The highest BCUT2D eigenvalue weighted by atomic mass is 35.5. The predicted octanol–water partition coefficient (Wildman–Crippen LogP) is -1.14. The topological polar surface area (TPSA) is 108 Å². The zero-order chi connectivity index (χ0) is 18.7. The monoisotopic (exact) mass is 390 g/mol. The maximum absolute atomic E-state index is 6.18. The van der Waals surface area contributed by atoms with Crippen LogP contribution < -0.4 is 43.0 Å². The fourth-order valence-electron chi connectivity index (χ4n) is 2.83. The fraction of sp³-hybridized carbons (Fsp3) is 0.222. The number of para-hydroxylation sites is 2. The lowest BCUT2D eigenvalue weighted by Gasteiger charge is -2.33. The standard InChI is InChI=1S/C18H21N5O3.ClH/c1-24-13-7-5-4-6-12(13)23-16(21-17(19)22-18(23)20)11-8-9-14(25-2)15(10-11)26-3;/h4-10,16H,1-3H3,(H4,19,20,21,22);1H/p-1. The number of hydrogen-bond donors (Lipinski definition) is 2. The molecule has 0 saturated heterocycles. The van der Waals surface area contributed by atoms with Gasteiger partial charge in [-0.05, 0) is 24.3 Å². The van der Waals surface area contributed by atoms with Gasteiger partial charge in [0.05, 0.1) is 27.0 Å². The normalized spacial score (nSPS) is 16.0. The highest BCUT2D eigenvalue weighted by Gasteiger charge is 2.30. The Hall–Kier alpha value is -3.13. The van der Waals surface area contributed by atoms with Crippen molar-refractivity contribution >= 4 is 17.6 Å². The minimum Gasteiger partial charge on any atom is -1.00 e. The SMILES string of the molecule is COc1ccc(C2N=C(N)N=C(N)N2c2ccccc2OC)cc1OC.[Cl-]. The van der Waals surface area contributed by atoms with Crippen LogP contribution in [0.5, 0.6) is 17.2 Å². The Morgan fingerprint density at radius 2 is 1.56 bits per heavy atom. The molecular formula is C18H21ClN5O3-. The minimum atomic E-state index is -0.524. The van der Waals surface area contributed by atoms with Gasteiger partial charge in [0.15, 0.2) is 17.7 Å². The third kappa shape index (κ3) is 3.85. The molecule has 1 heterocycles. The molecule has 144 valence electrons. The van der Waals surface area contributed by atoms with Gasteiger partial charge >= 0.3 is 0 Å². The molecule has 0 amide bonds. The van der Waals surface area contributed by atoms with Crippen molar-refractivity contribution in [3.63, 3.8) is 0 Å². The first-order chi connectivity index (χ1) is 12.6. The van der Waals surface area contributed by atoms with Crippen LogP contribution in [0, 0.1) is 0 Å². The molecule has 0 spiro atoms. The van der Waals surface area contributed by atoms with Gasteiger partial charge in [0, 0.05) is 5.56 Å². The summed E-state index contributed by atoms with van der Waals surface area (Å²) in [5.41, 5.74) is 13.6. The molecule has 0 fully saturated rings. The first-order valence-corrected chi connectivity index (χ1v) is 7.90. The summed E-state index contributed by atoms with van der Waals surface area (Å²) in [5, 5.41) is 0. The predicted molar refractivity (Wildman–Crippen MR) is 101 cm³/mol. The summed E-state index contributed by atoms with van der Waals surface area (Å²) in [6.07, 6.45) is -0.524. The van der Waals surface area contributed by atoms with Crippen molar-refractivity contribution in [2.75, 3.05) is 26.2 Å². The Labute approximate surface area is 163 Å². The fourth-order valence-corrected chi connectivity index (χ4v) is 2.83. The van der Waals surface area contributed by atoms with E-state index in [1.807, 2.05) is 42.5 Å². The van der Waals surface area contributed by atoms with E-state index in [1.165, 1.54) is 0 Å². The second-order valence-corrected chi connectivity index (χ2v) is 5.49. The molecule has 1 unspecified atom stereocenters. The first kappa shape index (κ1) is 20.2. The maximum Gasteiger partial charge on any atom is 0.221 e. The largest absolute Gasteiger partial charge is 1.00 e. The van der Waals surface area contributed by atoms with Crippen molar-refractivity contribution in [2.24, 2.45) is 21.5 Å². The third-order valence-electron chi connectivity index (χ3n) is 4.03. The van der Waals surface area contributed by atoms with Crippen molar-refractivity contribution < 1.29 is 26.6 Å². The Bertz CT molecular complexity index is 872. The highest BCUT2D eigenvalue weighted by molar-refractivity contribution is 6.05. The number of nitrogens with two attached hydrogens (primary N) is 2. The molecule has 9 heteroatoms. The van der Waals surface area contributed by atoms with Crippen LogP contribution in [0.4, 0.5) is 5.69 Å². The Balaban J connectivity index is 0.00000261. The molecule has 0 bridgehead atoms. The van der Waals surface area contributed by atoms with E-state index in [1.54, 1.807) is 26.2 Å². The second-order valence-electron chi connectivity index (χ2n) is 5.49. The van der Waals surface area contributed by atoms with Crippen LogP contribution in [-0.2, 0) is 0 Å². The van der Waals surface area contributed by atoms with E-state index < -0.39 is 6.17 Å². The number of hydrogen-bond acceptors (Lipinski definition) is 8. The van der Waals surface area contributed by atoms with Crippen molar-refractivity contribution in [1.29, 1.82) is 0 Å². The molecule has 0 aromatic heterocycles. The van der Waals surface area contributed by atoms with Crippen LogP contribution in [-0.4, -0.2) is 33.2 Å². The van der Waals surface area contributed by atoms with Gasteiger partial charge in [-0.25, -0.2) is 4.99 Å². The summed E-state index contributed by atoms with van der Waals surface area (Å²) >= 11 is 0. The quantitative estimate of drug-likeness (QED) is 0.668. The van der Waals surface area contributed by atoms with E-state index in [0.29, 0.717) is 17.2 Å². The first-order valence-electron chi connectivity index (χ1n) is 7.90. The van der Waals surface area contributed by atoms with Crippen molar-refractivity contribution in [1.82, 2.24) is 0 Å². The van der Waals surface area contributed by atoms with E-state index in [4.69, 9.17) is 25.7 Å². The van der Waals surface area contributed by atoms with Crippen LogP contribution in [0.15, 0.2) is 52.4 Å². The van der Waals surface area contributed by atoms with Crippen LogP contribution in [0.1, 0.15) is 11.7 Å². The lowest BCUT2D eigenvalue weighted by atomic mass is 10.1. The van der Waals surface area contributed by atoms with Crippen LogP contribution in [0.3, 0.4) is 0 Å². The highest BCUT2D eigenvalue weighted by Crippen LogP contribution is 2.38. The molecule has 2 aromatic rings. The van der Waals surface area contributed by atoms with Gasteiger partial charge in [0.2, 0.25) is 11.9 Å². The summed E-state index contributed by atoms with van der Waals surface area (Å²) < 4.78 is 16.2. The van der Waals surface area contributed by atoms with Gasteiger partial charge in [-0.3, -0.25) is 4.90 Å². The van der Waals surface area contributed by atoms with Crippen LogP contribution in [0.2, 0.25) is 0 Å². The molecule has 0 aliphatic carbocycles. The summed E-state index contributed by atoms with van der Waals surface area (Å²) in [5.74, 6) is 2.18. The van der Waals surface area contributed by atoms with E-state index in [0.717, 1.165) is 11.3 Å². The molecule has 1 aliphatic heterocycles. The minimum absolute atomic E-state index is 0. The molecule has 1 aliphatic rings. The van der Waals surface area contributed by atoms with Gasteiger partial charge in [-0.15, -0.1) is 0 Å². The maximum atomic E-state index is 6.18. The molecular weight excluding hydrogens is 370 g/mol. The number of rotatable bonds is 5. The molecule has 4 N–H and O–H groups in total. The number of ether oxygens (including phenoxy) is 3. The zero-order valence-electron chi connectivity index (χ0n) is 15.2. The molecule has 1 atom stereocenters. The number of aliphatic imine (C=N–C) groups is 2. The lowest BCUT2D eigenvalue weighted by Crippen LogP contribution is -3.00. The average molecular weight is 391 g/mol. The average Bonchev–Trinajstić information content (AvgIpc) is 2.66. The summed E-state index contributed by atoms with van der Waals surface area (Å²) in [4.78, 5) is 10.3. The second kappa shape index (κ2) is 8.50. The molecule has 27 heavy (non-hydrogen) atoms. The third-order valence-corrected chi connectivity index (χ3v) is 4.03. The van der Waals surface area contributed by atoms with Gasteiger partial charge < -0.3 is 38.1 Å². The van der Waals surface area contributed by atoms with E-state index in [2.05, 4.69) is 9.98 Å². The van der Waals surface area contributed by atoms with E-state index in [-0.39, 0.29) is 24.3 Å². The number of halogens is 1. The van der Waals surface area contributed by atoms with E-state index in [9.17, 15) is 0 Å². The van der Waals surface area contributed by atoms with Crippen molar-refractivity contribution in [2.45, 2.75) is 6.17 Å². The zero-order valence-corrected chi connectivity index (χ0v) is 16.0. The molecule has 8 nitrogen and oxygen atoms in total.